The zero-order valence-electron chi connectivity index (χ0n) is 12.7. The summed E-state index contributed by atoms with van der Waals surface area (Å²) in [7, 11) is 0. The van der Waals surface area contributed by atoms with E-state index in [1.807, 2.05) is 25.7 Å². The molecule has 19 heavy (non-hydrogen) atoms. The molecule has 0 aromatic carbocycles. The van der Waals surface area contributed by atoms with Crippen LogP contribution in [0.4, 0.5) is 0 Å². The van der Waals surface area contributed by atoms with Crippen molar-refractivity contribution in [2.45, 2.75) is 53.5 Å². The van der Waals surface area contributed by atoms with Gasteiger partial charge in [-0.3, -0.25) is 9.59 Å². The molecule has 2 amide bonds. The first-order chi connectivity index (χ1) is 8.61. The molecule has 0 aromatic heterocycles. The van der Waals surface area contributed by atoms with Crippen molar-refractivity contribution in [1.29, 1.82) is 0 Å². The molecule has 1 N–H and O–H groups in total. The Morgan fingerprint density at radius 3 is 2.37 bits per heavy atom. The highest BCUT2D eigenvalue weighted by atomic mass is 16.2. The number of nitrogens with one attached hydrogen (secondary N) is 1. The van der Waals surface area contributed by atoms with Crippen LogP contribution in [0.1, 0.15) is 47.5 Å². The highest BCUT2D eigenvalue weighted by Crippen LogP contribution is 2.52. The monoisotopic (exact) mass is 266 g/mol. The van der Waals surface area contributed by atoms with Crippen LogP contribution in [0.15, 0.2) is 0 Å². The topological polar surface area (TPSA) is 49.4 Å². The van der Waals surface area contributed by atoms with Crippen molar-refractivity contribution in [2.75, 3.05) is 13.1 Å². The molecule has 2 fully saturated rings. The lowest BCUT2D eigenvalue weighted by molar-refractivity contribution is -0.136. The van der Waals surface area contributed by atoms with Crippen molar-refractivity contribution < 1.29 is 9.59 Å². The number of hydrogen-bond donors (Lipinski definition) is 1. The van der Waals surface area contributed by atoms with E-state index in [-0.39, 0.29) is 17.2 Å². The molecule has 108 valence electrons. The van der Waals surface area contributed by atoms with Gasteiger partial charge in [0.25, 0.3) is 0 Å². The van der Waals surface area contributed by atoms with Crippen molar-refractivity contribution in [3.8, 4) is 0 Å². The Bertz CT molecular complexity index is 395. The molecule has 2 unspecified atom stereocenters. The minimum atomic E-state index is -0.399. The average Bonchev–Trinajstić information content (AvgIpc) is 2.88. The molecular formula is C15H26N2O2. The first kappa shape index (κ1) is 14.4. The van der Waals surface area contributed by atoms with Crippen molar-refractivity contribution in [1.82, 2.24) is 10.2 Å². The van der Waals surface area contributed by atoms with Gasteiger partial charge in [0.2, 0.25) is 11.8 Å². The van der Waals surface area contributed by atoms with Crippen molar-refractivity contribution in [2.24, 2.45) is 16.7 Å². The average molecular weight is 266 g/mol. The number of amides is 2. The minimum Gasteiger partial charge on any atom is -0.344 e. The zero-order chi connectivity index (χ0) is 14.4. The Morgan fingerprint density at radius 1 is 1.32 bits per heavy atom. The summed E-state index contributed by atoms with van der Waals surface area (Å²) in [6.07, 6.45) is 1.60. The van der Waals surface area contributed by atoms with Crippen LogP contribution < -0.4 is 5.32 Å². The highest BCUT2D eigenvalue weighted by molar-refractivity contribution is 5.90. The molecule has 1 heterocycles. The number of nitrogens with zero attached hydrogens (tertiary/aromatic N) is 1. The summed E-state index contributed by atoms with van der Waals surface area (Å²) in [5.41, 5.74) is 0.121. The van der Waals surface area contributed by atoms with Crippen molar-refractivity contribution >= 4 is 11.8 Å². The Morgan fingerprint density at radius 2 is 1.89 bits per heavy atom. The van der Waals surface area contributed by atoms with Crippen LogP contribution in [0.2, 0.25) is 0 Å². The van der Waals surface area contributed by atoms with E-state index < -0.39 is 6.04 Å². The molecule has 0 spiro atoms. The van der Waals surface area contributed by atoms with E-state index >= 15 is 0 Å². The second-order valence-electron chi connectivity index (χ2n) is 7.79. The van der Waals surface area contributed by atoms with E-state index in [0.717, 1.165) is 6.54 Å². The van der Waals surface area contributed by atoms with Gasteiger partial charge in [-0.15, -0.1) is 0 Å². The summed E-state index contributed by atoms with van der Waals surface area (Å²) < 4.78 is 0. The van der Waals surface area contributed by atoms with Crippen LogP contribution in [0.5, 0.6) is 0 Å². The normalized spacial score (nSPS) is 30.9. The molecule has 1 saturated heterocycles. The molecule has 2 atom stereocenters. The SMILES string of the molecule is CC(C)(C)C1NC(=O)CCN(CC2CC2(C)C)C1=O. The molecule has 0 aromatic rings. The second kappa shape index (κ2) is 4.50. The van der Waals surface area contributed by atoms with E-state index in [2.05, 4.69) is 19.2 Å². The molecule has 4 heteroatoms. The largest absolute Gasteiger partial charge is 0.344 e. The third-order valence-electron chi connectivity index (χ3n) is 4.50. The maximum absolute atomic E-state index is 12.6. The molecule has 2 aliphatic rings. The number of carbonyl (C=O) groups excluding carboxylic acids is 2. The number of rotatable bonds is 2. The van der Waals surface area contributed by atoms with Gasteiger partial charge >= 0.3 is 0 Å². The third kappa shape index (κ3) is 3.10. The van der Waals surface area contributed by atoms with Gasteiger partial charge in [-0.2, -0.15) is 0 Å². The Hall–Kier alpha value is -1.06. The van der Waals surface area contributed by atoms with E-state index in [9.17, 15) is 9.59 Å². The first-order valence-corrected chi connectivity index (χ1v) is 7.19. The molecule has 1 saturated carbocycles. The van der Waals surface area contributed by atoms with E-state index in [1.165, 1.54) is 6.42 Å². The Balaban J connectivity index is 2.10. The Labute approximate surface area is 115 Å². The fourth-order valence-electron chi connectivity index (χ4n) is 2.75. The van der Waals surface area contributed by atoms with E-state index in [4.69, 9.17) is 0 Å². The van der Waals surface area contributed by atoms with Gasteiger partial charge in [-0.25, -0.2) is 0 Å². The summed E-state index contributed by atoms with van der Waals surface area (Å²) in [5.74, 6) is 0.664. The molecule has 1 aliphatic heterocycles. The maximum Gasteiger partial charge on any atom is 0.245 e. The molecule has 1 aliphatic carbocycles. The lowest BCUT2D eigenvalue weighted by atomic mass is 9.86. The van der Waals surface area contributed by atoms with Crippen LogP contribution >= 0.6 is 0 Å². The summed E-state index contributed by atoms with van der Waals surface area (Å²) in [5, 5.41) is 2.88. The molecule has 4 nitrogen and oxygen atoms in total. The number of hydrogen-bond acceptors (Lipinski definition) is 2. The van der Waals surface area contributed by atoms with Gasteiger partial charge in [0.05, 0.1) is 0 Å². The van der Waals surface area contributed by atoms with Crippen LogP contribution in [-0.2, 0) is 9.59 Å². The molecule has 0 bridgehead atoms. The van der Waals surface area contributed by atoms with E-state index in [1.54, 1.807) is 0 Å². The van der Waals surface area contributed by atoms with Crippen molar-refractivity contribution in [3.63, 3.8) is 0 Å². The minimum absolute atomic E-state index is 0.00849. The second-order valence-corrected chi connectivity index (χ2v) is 7.79. The lowest BCUT2D eigenvalue weighted by Crippen LogP contribution is -2.52. The summed E-state index contributed by atoms with van der Waals surface area (Å²) in [6.45, 7) is 11.8. The van der Waals surface area contributed by atoms with Gasteiger partial charge < -0.3 is 10.2 Å². The highest BCUT2D eigenvalue weighted by Gasteiger charge is 2.48. The smallest absolute Gasteiger partial charge is 0.245 e. The van der Waals surface area contributed by atoms with Crippen molar-refractivity contribution in [3.05, 3.63) is 0 Å². The predicted molar refractivity (Wildman–Crippen MR) is 74.5 cm³/mol. The van der Waals surface area contributed by atoms with E-state index in [0.29, 0.717) is 24.3 Å². The number of carbonyl (C=O) groups is 2. The van der Waals surface area contributed by atoms with Crippen LogP contribution in [-0.4, -0.2) is 35.8 Å². The predicted octanol–water partition coefficient (Wildman–Crippen LogP) is 1.80. The molecule has 2 rings (SSSR count). The van der Waals surface area contributed by atoms with Gasteiger partial charge in [0.15, 0.2) is 0 Å². The van der Waals surface area contributed by atoms with Gasteiger partial charge in [-0.05, 0) is 23.2 Å². The van der Waals surface area contributed by atoms with Crippen LogP contribution in [0, 0.1) is 16.7 Å². The quantitative estimate of drug-likeness (QED) is 0.828. The maximum atomic E-state index is 12.6. The standard InChI is InChI=1S/C15H26N2O2/c1-14(2,3)12-13(19)17(7-6-11(18)16-12)9-10-8-15(10,4)5/h10,12H,6-9H2,1-5H3,(H,16,18). The zero-order valence-corrected chi connectivity index (χ0v) is 12.7. The fraction of sp³-hybridized carbons (Fsp3) is 0.867. The molecule has 0 radical (unpaired) electrons. The summed E-state index contributed by atoms with van der Waals surface area (Å²) >= 11 is 0. The third-order valence-corrected chi connectivity index (χ3v) is 4.50. The van der Waals surface area contributed by atoms with Crippen LogP contribution in [0.25, 0.3) is 0 Å². The van der Waals surface area contributed by atoms with Crippen LogP contribution in [0.3, 0.4) is 0 Å². The Kier molecular flexibility index (Phi) is 3.40. The van der Waals surface area contributed by atoms with Gasteiger partial charge in [0, 0.05) is 19.5 Å². The lowest BCUT2D eigenvalue weighted by Gasteiger charge is -2.32. The first-order valence-electron chi connectivity index (χ1n) is 7.19. The summed E-state index contributed by atoms with van der Waals surface area (Å²) in [6, 6.07) is -0.399. The summed E-state index contributed by atoms with van der Waals surface area (Å²) in [4.78, 5) is 26.3. The van der Waals surface area contributed by atoms with Gasteiger partial charge in [0.1, 0.15) is 6.04 Å². The fourth-order valence-corrected chi connectivity index (χ4v) is 2.75. The van der Waals surface area contributed by atoms with Gasteiger partial charge in [-0.1, -0.05) is 34.6 Å². The molecular weight excluding hydrogens is 240 g/mol.